The third-order valence-corrected chi connectivity index (χ3v) is 5.85. The van der Waals surface area contributed by atoms with E-state index >= 15 is 0 Å². The molecule has 132 valence electrons. The summed E-state index contributed by atoms with van der Waals surface area (Å²) in [6.07, 6.45) is 6.80. The molecule has 3 rings (SSSR count). The second-order valence-electron chi connectivity index (χ2n) is 7.79. The van der Waals surface area contributed by atoms with Crippen molar-refractivity contribution in [2.45, 2.75) is 45.4 Å². The van der Waals surface area contributed by atoms with Gasteiger partial charge < -0.3 is 9.80 Å². The van der Waals surface area contributed by atoms with E-state index in [0.717, 1.165) is 44.6 Å². The van der Waals surface area contributed by atoms with Crippen molar-refractivity contribution in [1.82, 2.24) is 9.80 Å². The molecule has 0 radical (unpaired) electrons. The monoisotopic (exact) mass is 328 g/mol. The van der Waals surface area contributed by atoms with Crippen LogP contribution >= 0.6 is 0 Å². The Bertz CT molecular complexity index is 500. The minimum Gasteiger partial charge on any atom is -0.343 e. The molecule has 2 saturated heterocycles. The molecule has 2 aliphatic heterocycles. The van der Waals surface area contributed by atoms with E-state index in [2.05, 4.69) is 47.1 Å². The molecule has 0 spiro atoms. The highest BCUT2D eigenvalue weighted by Crippen LogP contribution is 2.22. The Kier molecular flexibility index (Phi) is 6.30. The van der Waals surface area contributed by atoms with Crippen molar-refractivity contribution in [3.05, 3.63) is 35.9 Å². The summed E-state index contributed by atoms with van der Waals surface area (Å²) in [5, 5.41) is 0. The van der Waals surface area contributed by atoms with Crippen LogP contribution in [-0.4, -0.2) is 48.4 Å². The van der Waals surface area contributed by atoms with Gasteiger partial charge in [0.25, 0.3) is 0 Å². The second kappa shape index (κ2) is 8.66. The van der Waals surface area contributed by atoms with Gasteiger partial charge in [-0.25, -0.2) is 0 Å². The van der Waals surface area contributed by atoms with Gasteiger partial charge in [0.1, 0.15) is 0 Å². The van der Waals surface area contributed by atoms with E-state index in [1.165, 1.54) is 37.7 Å². The lowest BCUT2D eigenvalue weighted by atomic mass is 9.90. The molecule has 24 heavy (non-hydrogen) atoms. The number of amides is 1. The molecule has 0 unspecified atom stereocenters. The highest BCUT2D eigenvalue weighted by atomic mass is 16.2. The average Bonchev–Trinajstić information content (AvgIpc) is 2.62. The topological polar surface area (TPSA) is 23.6 Å². The number of hydrogen-bond acceptors (Lipinski definition) is 2. The van der Waals surface area contributed by atoms with Gasteiger partial charge in [0.2, 0.25) is 5.91 Å². The molecule has 0 aromatic heterocycles. The first-order valence-electron chi connectivity index (χ1n) is 9.75. The Morgan fingerprint density at radius 3 is 2.33 bits per heavy atom. The lowest BCUT2D eigenvalue weighted by Crippen LogP contribution is -2.41. The smallest absolute Gasteiger partial charge is 0.223 e. The molecule has 2 fully saturated rings. The minimum absolute atomic E-state index is 0.369. The largest absolute Gasteiger partial charge is 0.343 e. The fourth-order valence-corrected chi connectivity index (χ4v) is 4.03. The quantitative estimate of drug-likeness (QED) is 0.825. The molecule has 1 amide bonds. The van der Waals surface area contributed by atoms with Crippen LogP contribution in [-0.2, 0) is 11.2 Å². The third-order valence-electron chi connectivity index (χ3n) is 5.85. The van der Waals surface area contributed by atoms with Crippen molar-refractivity contribution in [3.63, 3.8) is 0 Å². The van der Waals surface area contributed by atoms with Crippen LogP contribution in [0.4, 0.5) is 0 Å². The van der Waals surface area contributed by atoms with Crippen LogP contribution in [0.1, 0.15) is 44.6 Å². The summed E-state index contributed by atoms with van der Waals surface area (Å²) in [5.74, 6) is 1.97. The summed E-state index contributed by atoms with van der Waals surface area (Å²) in [6.45, 7) is 7.49. The van der Waals surface area contributed by atoms with E-state index in [1.807, 2.05) is 0 Å². The maximum Gasteiger partial charge on any atom is 0.223 e. The zero-order chi connectivity index (χ0) is 16.8. The minimum atomic E-state index is 0.369. The highest BCUT2D eigenvalue weighted by molar-refractivity contribution is 5.76. The lowest BCUT2D eigenvalue weighted by Gasteiger charge is -2.33. The number of hydrogen-bond donors (Lipinski definition) is 0. The van der Waals surface area contributed by atoms with Crippen LogP contribution < -0.4 is 0 Å². The van der Waals surface area contributed by atoms with Crippen molar-refractivity contribution >= 4 is 5.91 Å². The molecular formula is C21H32N2O. The molecule has 3 heteroatoms. The zero-order valence-corrected chi connectivity index (χ0v) is 15.1. The summed E-state index contributed by atoms with van der Waals surface area (Å²) in [6, 6.07) is 10.8. The molecule has 2 heterocycles. The maximum absolute atomic E-state index is 12.4. The van der Waals surface area contributed by atoms with Crippen LogP contribution in [0.5, 0.6) is 0 Å². The molecule has 0 atom stereocenters. The van der Waals surface area contributed by atoms with Gasteiger partial charge in [-0.2, -0.15) is 0 Å². The van der Waals surface area contributed by atoms with E-state index in [-0.39, 0.29) is 0 Å². The van der Waals surface area contributed by atoms with Crippen molar-refractivity contribution in [1.29, 1.82) is 0 Å². The number of rotatable bonds is 5. The molecule has 3 nitrogen and oxygen atoms in total. The fraction of sp³-hybridized carbons (Fsp3) is 0.667. The van der Waals surface area contributed by atoms with Gasteiger partial charge in [0.05, 0.1) is 0 Å². The normalized spacial score (nSPS) is 21.1. The van der Waals surface area contributed by atoms with Crippen molar-refractivity contribution in [3.8, 4) is 0 Å². The Morgan fingerprint density at radius 2 is 1.67 bits per heavy atom. The first-order chi connectivity index (χ1) is 11.7. The van der Waals surface area contributed by atoms with E-state index in [9.17, 15) is 4.79 Å². The average molecular weight is 329 g/mol. The summed E-state index contributed by atoms with van der Waals surface area (Å²) in [5.41, 5.74) is 1.46. The van der Waals surface area contributed by atoms with Crippen LogP contribution in [0.15, 0.2) is 30.3 Å². The van der Waals surface area contributed by atoms with Gasteiger partial charge in [-0.15, -0.1) is 0 Å². The van der Waals surface area contributed by atoms with E-state index in [0.29, 0.717) is 12.3 Å². The van der Waals surface area contributed by atoms with Gasteiger partial charge in [-0.3, -0.25) is 4.79 Å². The van der Waals surface area contributed by atoms with Gasteiger partial charge in [0, 0.05) is 26.1 Å². The summed E-state index contributed by atoms with van der Waals surface area (Å²) in [7, 11) is 0. The van der Waals surface area contributed by atoms with Gasteiger partial charge in [-0.1, -0.05) is 37.3 Å². The molecule has 2 aliphatic rings. The second-order valence-corrected chi connectivity index (χ2v) is 7.79. The zero-order valence-electron chi connectivity index (χ0n) is 15.1. The van der Waals surface area contributed by atoms with Crippen LogP contribution in [0.25, 0.3) is 0 Å². The van der Waals surface area contributed by atoms with Gasteiger partial charge in [-0.05, 0) is 62.6 Å². The maximum atomic E-state index is 12.4. The summed E-state index contributed by atoms with van der Waals surface area (Å²) in [4.78, 5) is 16.9. The van der Waals surface area contributed by atoms with Crippen molar-refractivity contribution in [2.24, 2.45) is 11.8 Å². The number of carbonyl (C=O) groups is 1. The molecular weight excluding hydrogens is 296 g/mol. The van der Waals surface area contributed by atoms with Gasteiger partial charge in [0.15, 0.2) is 0 Å². The summed E-state index contributed by atoms with van der Waals surface area (Å²) >= 11 is 0. The van der Waals surface area contributed by atoms with E-state index < -0.39 is 0 Å². The molecule has 1 aromatic rings. The number of likely N-dealkylation sites (tertiary alicyclic amines) is 2. The number of benzene rings is 1. The standard InChI is InChI=1S/C21H32N2O/c1-18-7-15-23(16-8-18)21(24)11-14-22-12-9-20(10-13-22)17-19-5-3-2-4-6-19/h2-6,18,20H,7-17H2,1H3. The van der Waals surface area contributed by atoms with Crippen molar-refractivity contribution in [2.75, 3.05) is 32.7 Å². The Hall–Kier alpha value is -1.35. The SMILES string of the molecule is CC1CCN(C(=O)CCN2CCC(Cc3ccccc3)CC2)CC1. The molecule has 1 aromatic carbocycles. The number of nitrogens with zero attached hydrogens (tertiary/aromatic N) is 2. The first-order valence-corrected chi connectivity index (χ1v) is 9.75. The molecule has 0 bridgehead atoms. The Labute approximate surface area is 147 Å². The lowest BCUT2D eigenvalue weighted by molar-refractivity contribution is -0.132. The third kappa shape index (κ3) is 5.07. The number of carbonyl (C=O) groups excluding carboxylic acids is 1. The van der Waals surface area contributed by atoms with Gasteiger partial charge >= 0.3 is 0 Å². The van der Waals surface area contributed by atoms with E-state index in [1.54, 1.807) is 0 Å². The van der Waals surface area contributed by atoms with E-state index in [4.69, 9.17) is 0 Å². The Morgan fingerprint density at radius 1 is 1.00 bits per heavy atom. The molecule has 0 saturated carbocycles. The predicted octanol–water partition coefficient (Wildman–Crippen LogP) is 3.59. The predicted molar refractivity (Wildman–Crippen MR) is 98.9 cm³/mol. The van der Waals surface area contributed by atoms with Crippen molar-refractivity contribution < 1.29 is 4.79 Å². The van der Waals surface area contributed by atoms with Crippen LogP contribution in [0, 0.1) is 11.8 Å². The first kappa shape index (κ1) is 17.5. The van der Waals surface area contributed by atoms with Crippen LogP contribution in [0.2, 0.25) is 0 Å². The number of piperidine rings is 2. The highest BCUT2D eigenvalue weighted by Gasteiger charge is 2.23. The summed E-state index contributed by atoms with van der Waals surface area (Å²) < 4.78 is 0. The fourth-order valence-electron chi connectivity index (χ4n) is 4.03. The Balaban J connectivity index is 1.34. The molecule has 0 aliphatic carbocycles. The molecule has 0 N–H and O–H groups in total. The van der Waals surface area contributed by atoms with Crippen LogP contribution in [0.3, 0.4) is 0 Å².